The number of hydrogen-bond acceptors (Lipinski definition) is 4. The monoisotopic (exact) mass is 295 g/mol. The lowest BCUT2D eigenvalue weighted by atomic mass is 10.0. The molecule has 6 heteroatoms. The number of anilines is 2. The first-order valence-corrected chi connectivity index (χ1v) is 7.28. The fourth-order valence-electron chi connectivity index (χ4n) is 2.92. The van der Waals surface area contributed by atoms with E-state index in [1.165, 1.54) is 6.42 Å². The largest absolute Gasteiger partial charge is 0.482 e. The quantitative estimate of drug-likeness (QED) is 0.799. The van der Waals surface area contributed by atoms with Crippen molar-refractivity contribution in [1.29, 1.82) is 0 Å². The molecule has 0 aromatic heterocycles. The molecule has 0 bridgehead atoms. The van der Waals surface area contributed by atoms with Gasteiger partial charge in [0.1, 0.15) is 5.75 Å². The van der Waals surface area contributed by atoms with Crippen LogP contribution in [0.1, 0.15) is 19.3 Å². The summed E-state index contributed by atoms with van der Waals surface area (Å²) in [7, 11) is 0. The number of carbonyl (C=O) groups excluding carboxylic acids is 1. The van der Waals surface area contributed by atoms with Gasteiger partial charge in [-0.05, 0) is 31.4 Å². The normalized spacial score (nSPS) is 24.8. The average Bonchev–Trinajstić information content (AvgIpc) is 2.87. The Morgan fingerprint density at radius 3 is 3.10 bits per heavy atom. The van der Waals surface area contributed by atoms with Crippen LogP contribution < -0.4 is 21.1 Å². The summed E-state index contributed by atoms with van der Waals surface area (Å²) < 4.78 is 5.41. The Morgan fingerprint density at radius 1 is 1.45 bits per heavy atom. The third kappa shape index (κ3) is 2.55. The molecule has 0 radical (unpaired) electrons. The number of ether oxygens (including phenoxy) is 1. The van der Waals surface area contributed by atoms with Gasteiger partial charge in [0.15, 0.2) is 6.61 Å². The molecule has 1 amide bonds. The van der Waals surface area contributed by atoms with Gasteiger partial charge >= 0.3 is 0 Å². The van der Waals surface area contributed by atoms with Crippen molar-refractivity contribution >= 4 is 28.9 Å². The van der Waals surface area contributed by atoms with Gasteiger partial charge in [-0.25, -0.2) is 0 Å². The first-order valence-electron chi connectivity index (χ1n) is 6.90. The van der Waals surface area contributed by atoms with Crippen LogP contribution in [0.25, 0.3) is 0 Å². The van der Waals surface area contributed by atoms with E-state index in [-0.39, 0.29) is 12.5 Å². The second-order valence-corrected chi connectivity index (χ2v) is 5.75. The van der Waals surface area contributed by atoms with Gasteiger partial charge in [-0.2, -0.15) is 0 Å². The number of hydrogen-bond donors (Lipinski definition) is 3. The zero-order valence-corrected chi connectivity index (χ0v) is 11.9. The maximum absolute atomic E-state index is 11.3. The lowest BCUT2D eigenvalue weighted by molar-refractivity contribution is -0.118. The second kappa shape index (κ2) is 5.50. The Kier molecular flexibility index (Phi) is 3.72. The van der Waals surface area contributed by atoms with Crippen LogP contribution in [0.3, 0.4) is 0 Å². The van der Waals surface area contributed by atoms with E-state index in [2.05, 4.69) is 10.6 Å². The molecule has 108 valence electrons. The first kappa shape index (κ1) is 13.5. The Balaban J connectivity index is 1.82. The number of amides is 1. The van der Waals surface area contributed by atoms with Crippen molar-refractivity contribution in [3.05, 3.63) is 17.2 Å². The lowest BCUT2D eigenvalue weighted by Crippen LogP contribution is -2.30. The summed E-state index contributed by atoms with van der Waals surface area (Å²) in [5.41, 5.74) is 7.26. The smallest absolute Gasteiger partial charge is 0.262 e. The molecule has 1 aromatic rings. The van der Waals surface area contributed by atoms with Gasteiger partial charge in [0.2, 0.25) is 0 Å². The molecule has 0 saturated heterocycles. The SMILES string of the molecule is NCC1CCCC1Nc1cc2c(cc1Cl)NC(=O)CO2. The van der Waals surface area contributed by atoms with Crippen LogP contribution in [0.5, 0.6) is 5.75 Å². The summed E-state index contributed by atoms with van der Waals surface area (Å²) in [6, 6.07) is 3.93. The lowest BCUT2D eigenvalue weighted by Gasteiger charge is -2.24. The summed E-state index contributed by atoms with van der Waals surface area (Å²) in [6.07, 6.45) is 3.45. The van der Waals surface area contributed by atoms with Crippen LogP contribution in [0.15, 0.2) is 12.1 Å². The molecule has 1 aliphatic carbocycles. The molecule has 2 aliphatic rings. The zero-order chi connectivity index (χ0) is 14.1. The summed E-state index contributed by atoms with van der Waals surface area (Å²) in [4.78, 5) is 11.3. The summed E-state index contributed by atoms with van der Waals surface area (Å²) >= 11 is 6.28. The topological polar surface area (TPSA) is 76.4 Å². The average molecular weight is 296 g/mol. The molecule has 1 aliphatic heterocycles. The number of nitrogens with one attached hydrogen (secondary N) is 2. The molecule has 3 rings (SSSR count). The van der Waals surface area contributed by atoms with Gasteiger partial charge < -0.3 is 21.1 Å². The van der Waals surface area contributed by atoms with Crippen LogP contribution in [-0.4, -0.2) is 25.1 Å². The highest BCUT2D eigenvalue weighted by atomic mass is 35.5. The van der Waals surface area contributed by atoms with E-state index in [1.807, 2.05) is 6.07 Å². The Morgan fingerprint density at radius 2 is 2.30 bits per heavy atom. The number of nitrogens with two attached hydrogens (primary N) is 1. The maximum Gasteiger partial charge on any atom is 0.262 e. The summed E-state index contributed by atoms with van der Waals surface area (Å²) in [5, 5.41) is 6.79. The molecule has 1 aromatic carbocycles. The van der Waals surface area contributed by atoms with Crippen LogP contribution in [0, 0.1) is 5.92 Å². The number of fused-ring (bicyclic) bond motifs is 1. The molecule has 5 nitrogen and oxygen atoms in total. The van der Waals surface area contributed by atoms with E-state index >= 15 is 0 Å². The van der Waals surface area contributed by atoms with E-state index < -0.39 is 0 Å². The van der Waals surface area contributed by atoms with Gasteiger partial charge in [0.25, 0.3) is 5.91 Å². The highest BCUT2D eigenvalue weighted by Crippen LogP contribution is 2.38. The minimum absolute atomic E-state index is 0.0446. The fraction of sp³-hybridized carbons (Fsp3) is 0.500. The Bertz CT molecular complexity index is 535. The van der Waals surface area contributed by atoms with Crippen LogP contribution in [-0.2, 0) is 4.79 Å². The van der Waals surface area contributed by atoms with Crippen molar-refractivity contribution in [2.45, 2.75) is 25.3 Å². The molecule has 1 fully saturated rings. The third-order valence-corrected chi connectivity index (χ3v) is 4.32. The van der Waals surface area contributed by atoms with E-state index in [0.717, 1.165) is 18.5 Å². The Hall–Kier alpha value is -1.46. The van der Waals surface area contributed by atoms with Gasteiger partial charge in [-0.3, -0.25) is 4.79 Å². The predicted molar refractivity (Wildman–Crippen MR) is 79.4 cm³/mol. The van der Waals surface area contributed by atoms with Gasteiger partial charge in [0, 0.05) is 12.1 Å². The summed E-state index contributed by atoms with van der Waals surface area (Å²) in [6.45, 7) is 0.732. The van der Waals surface area contributed by atoms with E-state index in [4.69, 9.17) is 22.1 Å². The molecular formula is C14H18ClN3O2. The molecule has 0 spiro atoms. The van der Waals surface area contributed by atoms with E-state index in [0.29, 0.717) is 35.0 Å². The highest BCUT2D eigenvalue weighted by Gasteiger charge is 2.27. The third-order valence-electron chi connectivity index (χ3n) is 4.00. The molecule has 1 saturated carbocycles. The highest BCUT2D eigenvalue weighted by molar-refractivity contribution is 6.33. The van der Waals surface area contributed by atoms with Crippen molar-refractivity contribution in [2.24, 2.45) is 11.7 Å². The minimum atomic E-state index is -0.159. The van der Waals surface area contributed by atoms with Crippen molar-refractivity contribution in [3.8, 4) is 5.75 Å². The zero-order valence-electron chi connectivity index (χ0n) is 11.1. The van der Waals surface area contributed by atoms with Gasteiger partial charge in [-0.15, -0.1) is 0 Å². The molecule has 1 heterocycles. The van der Waals surface area contributed by atoms with Crippen LogP contribution in [0.2, 0.25) is 5.02 Å². The maximum atomic E-state index is 11.3. The van der Waals surface area contributed by atoms with Crippen LogP contribution in [0.4, 0.5) is 11.4 Å². The number of carbonyl (C=O) groups is 1. The standard InChI is InChI=1S/C14H18ClN3O2/c15-9-4-12-13(20-7-14(19)18-12)5-11(9)17-10-3-1-2-8(10)6-16/h4-5,8,10,17H,1-3,6-7,16H2,(H,18,19). The summed E-state index contributed by atoms with van der Waals surface area (Å²) in [5.74, 6) is 0.981. The van der Waals surface area contributed by atoms with Crippen molar-refractivity contribution < 1.29 is 9.53 Å². The van der Waals surface area contributed by atoms with Crippen LogP contribution >= 0.6 is 11.6 Å². The molecule has 2 unspecified atom stereocenters. The Labute approximate surface area is 122 Å². The second-order valence-electron chi connectivity index (χ2n) is 5.34. The van der Waals surface area contributed by atoms with Gasteiger partial charge in [-0.1, -0.05) is 18.0 Å². The molecule has 20 heavy (non-hydrogen) atoms. The number of halogens is 1. The van der Waals surface area contributed by atoms with E-state index in [1.54, 1.807) is 6.07 Å². The van der Waals surface area contributed by atoms with Crippen molar-refractivity contribution in [2.75, 3.05) is 23.8 Å². The fourth-order valence-corrected chi connectivity index (χ4v) is 3.14. The molecule has 2 atom stereocenters. The van der Waals surface area contributed by atoms with E-state index in [9.17, 15) is 4.79 Å². The van der Waals surface area contributed by atoms with Crippen molar-refractivity contribution in [1.82, 2.24) is 0 Å². The predicted octanol–water partition coefficient (Wildman–Crippen LogP) is 2.21. The van der Waals surface area contributed by atoms with Crippen molar-refractivity contribution in [3.63, 3.8) is 0 Å². The first-order chi connectivity index (χ1) is 9.67. The number of rotatable bonds is 3. The molecular weight excluding hydrogens is 278 g/mol. The van der Waals surface area contributed by atoms with Gasteiger partial charge in [0.05, 0.1) is 16.4 Å². The molecule has 4 N–H and O–H groups in total. The number of benzene rings is 1. The minimum Gasteiger partial charge on any atom is -0.482 e.